The number of carbonyl (C=O) groups excluding carboxylic acids is 1. The van der Waals surface area contributed by atoms with Crippen molar-refractivity contribution in [2.75, 3.05) is 19.5 Å². The number of hydrogen-bond donors (Lipinski definition) is 1. The van der Waals surface area contributed by atoms with E-state index in [-0.39, 0.29) is 16.7 Å². The van der Waals surface area contributed by atoms with Crippen molar-refractivity contribution in [2.45, 2.75) is 0 Å². The molecule has 2 aromatic rings. The first-order valence-corrected chi connectivity index (χ1v) is 5.80. The van der Waals surface area contributed by atoms with Gasteiger partial charge in [0.25, 0.3) is 5.91 Å². The van der Waals surface area contributed by atoms with E-state index in [0.717, 1.165) is 0 Å². The van der Waals surface area contributed by atoms with E-state index in [4.69, 9.17) is 25.5 Å². The van der Waals surface area contributed by atoms with E-state index >= 15 is 0 Å². The fourth-order valence-corrected chi connectivity index (χ4v) is 1.77. The molecule has 0 bridgehead atoms. The maximum atomic E-state index is 11.9. The molecule has 1 N–H and O–H groups in total. The average molecular weight is 282 g/mol. The Hall–Kier alpha value is -2.14. The van der Waals surface area contributed by atoms with Crippen LogP contribution in [0.5, 0.6) is 11.5 Å². The highest BCUT2D eigenvalue weighted by atomic mass is 35.5. The van der Waals surface area contributed by atoms with Crippen molar-refractivity contribution in [1.29, 1.82) is 0 Å². The molecule has 0 fully saturated rings. The van der Waals surface area contributed by atoms with Crippen LogP contribution >= 0.6 is 11.6 Å². The van der Waals surface area contributed by atoms with E-state index in [1.54, 1.807) is 25.3 Å². The van der Waals surface area contributed by atoms with Crippen LogP contribution in [-0.2, 0) is 0 Å². The number of furan rings is 1. The number of nitrogens with one attached hydrogen (secondary N) is 1. The molecule has 0 aliphatic rings. The highest BCUT2D eigenvalue weighted by Crippen LogP contribution is 2.30. The molecule has 1 aromatic heterocycles. The smallest absolute Gasteiger partial charge is 0.260 e. The third kappa shape index (κ3) is 2.82. The number of carbonyl (C=O) groups is 1. The van der Waals surface area contributed by atoms with Gasteiger partial charge in [0.05, 0.1) is 26.0 Å². The minimum Gasteiger partial charge on any atom is -0.493 e. The summed E-state index contributed by atoms with van der Waals surface area (Å²) in [4.78, 5) is 11.9. The van der Waals surface area contributed by atoms with Gasteiger partial charge in [0.1, 0.15) is 0 Å². The lowest BCUT2D eigenvalue weighted by Gasteiger charge is -2.10. The van der Waals surface area contributed by atoms with Crippen LogP contribution in [0.15, 0.2) is 34.9 Å². The number of methoxy groups -OCH3 is 2. The second-order valence-corrected chi connectivity index (χ2v) is 3.98. The van der Waals surface area contributed by atoms with Crippen molar-refractivity contribution in [3.05, 3.63) is 41.3 Å². The Bertz CT molecular complexity index is 594. The van der Waals surface area contributed by atoms with Crippen LogP contribution in [0.1, 0.15) is 10.4 Å². The molecule has 100 valence electrons. The zero-order valence-electron chi connectivity index (χ0n) is 10.4. The molecule has 1 amide bonds. The minimum absolute atomic E-state index is 0.0537. The standard InChI is InChI=1S/C13H12ClNO4/c1-17-10-4-3-8(7-11(10)18-2)15-13(16)9-5-6-19-12(9)14/h3-7H,1-2H3,(H,15,16). The molecule has 0 unspecified atom stereocenters. The van der Waals surface area contributed by atoms with Gasteiger partial charge in [-0.15, -0.1) is 0 Å². The lowest BCUT2D eigenvalue weighted by molar-refractivity contribution is 0.102. The Labute approximate surface area is 115 Å². The number of benzene rings is 1. The van der Waals surface area contributed by atoms with Gasteiger partial charge in [-0.1, -0.05) is 0 Å². The number of anilines is 1. The van der Waals surface area contributed by atoms with E-state index < -0.39 is 0 Å². The van der Waals surface area contributed by atoms with Gasteiger partial charge in [-0.2, -0.15) is 0 Å². The fourth-order valence-electron chi connectivity index (χ4n) is 1.57. The zero-order valence-corrected chi connectivity index (χ0v) is 11.2. The van der Waals surface area contributed by atoms with Gasteiger partial charge in [-0.25, -0.2) is 0 Å². The Balaban J connectivity index is 2.20. The predicted molar refractivity (Wildman–Crippen MR) is 71.2 cm³/mol. The summed E-state index contributed by atoms with van der Waals surface area (Å²) < 4.78 is 15.1. The first-order valence-electron chi connectivity index (χ1n) is 5.42. The Morgan fingerprint density at radius 3 is 2.53 bits per heavy atom. The molecule has 0 saturated carbocycles. The van der Waals surface area contributed by atoms with Gasteiger partial charge in [-0.05, 0) is 29.8 Å². The molecule has 0 saturated heterocycles. The lowest BCUT2D eigenvalue weighted by atomic mass is 10.2. The van der Waals surface area contributed by atoms with Crippen molar-refractivity contribution < 1.29 is 18.7 Å². The first kappa shape index (κ1) is 13.3. The molecular weight excluding hydrogens is 270 g/mol. The van der Waals surface area contributed by atoms with Gasteiger partial charge in [0, 0.05) is 11.8 Å². The second kappa shape index (κ2) is 5.67. The van der Waals surface area contributed by atoms with Gasteiger partial charge in [0.2, 0.25) is 5.22 Å². The van der Waals surface area contributed by atoms with Crippen molar-refractivity contribution in [3.63, 3.8) is 0 Å². The first-order chi connectivity index (χ1) is 9.15. The third-order valence-electron chi connectivity index (χ3n) is 2.50. The Morgan fingerprint density at radius 1 is 1.21 bits per heavy atom. The normalized spacial score (nSPS) is 10.1. The van der Waals surface area contributed by atoms with E-state index in [0.29, 0.717) is 17.2 Å². The van der Waals surface area contributed by atoms with Gasteiger partial charge >= 0.3 is 0 Å². The highest BCUT2D eigenvalue weighted by Gasteiger charge is 2.14. The van der Waals surface area contributed by atoms with Crippen molar-refractivity contribution in [3.8, 4) is 11.5 Å². The lowest BCUT2D eigenvalue weighted by Crippen LogP contribution is -2.11. The summed E-state index contributed by atoms with van der Waals surface area (Å²) >= 11 is 5.73. The molecule has 0 atom stereocenters. The van der Waals surface area contributed by atoms with Crippen LogP contribution in [0.2, 0.25) is 5.22 Å². The third-order valence-corrected chi connectivity index (χ3v) is 2.80. The van der Waals surface area contributed by atoms with Crippen LogP contribution in [0.25, 0.3) is 0 Å². The summed E-state index contributed by atoms with van der Waals surface area (Å²) in [6.45, 7) is 0. The van der Waals surface area contributed by atoms with Crippen molar-refractivity contribution in [2.24, 2.45) is 0 Å². The molecule has 0 radical (unpaired) electrons. The minimum atomic E-state index is -0.356. The van der Waals surface area contributed by atoms with Crippen LogP contribution in [-0.4, -0.2) is 20.1 Å². The van der Waals surface area contributed by atoms with E-state index in [9.17, 15) is 4.79 Å². The number of ether oxygens (including phenoxy) is 2. The summed E-state index contributed by atoms with van der Waals surface area (Å²) in [6, 6.07) is 6.56. The number of rotatable bonds is 4. The summed E-state index contributed by atoms with van der Waals surface area (Å²) in [6.07, 6.45) is 1.35. The molecule has 5 nitrogen and oxygen atoms in total. The summed E-state index contributed by atoms with van der Waals surface area (Å²) in [5, 5.41) is 2.75. The maximum Gasteiger partial charge on any atom is 0.260 e. The van der Waals surface area contributed by atoms with Crippen molar-refractivity contribution >= 4 is 23.2 Å². The Morgan fingerprint density at radius 2 is 1.95 bits per heavy atom. The zero-order chi connectivity index (χ0) is 13.8. The predicted octanol–water partition coefficient (Wildman–Crippen LogP) is 3.20. The van der Waals surface area contributed by atoms with Gasteiger partial charge in [-0.3, -0.25) is 4.79 Å². The van der Waals surface area contributed by atoms with Crippen molar-refractivity contribution in [1.82, 2.24) is 0 Å². The summed E-state index contributed by atoms with van der Waals surface area (Å²) in [7, 11) is 3.07. The number of halogens is 1. The van der Waals surface area contributed by atoms with Crippen LogP contribution < -0.4 is 14.8 Å². The van der Waals surface area contributed by atoms with E-state index in [1.807, 2.05) is 0 Å². The quantitative estimate of drug-likeness (QED) is 0.935. The average Bonchev–Trinajstić information content (AvgIpc) is 2.85. The second-order valence-electron chi connectivity index (χ2n) is 3.63. The van der Waals surface area contributed by atoms with Gasteiger partial charge < -0.3 is 19.2 Å². The fraction of sp³-hybridized carbons (Fsp3) is 0.154. The van der Waals surface area contributed by atoms with Gasteiger partial charge in [0.15, 0.2) is 11.5 Å². The molecule has 6 heteroatoms. The largest absolute Gasteiger partial charge is 0.493 e. The number of hydrogen-bond acceptors (Lipinski definition) is 4. The molecule has 1 aromatic carbocycles. The van der Waals surface area contributed by atoms with Crippen LogP contribution in [0, 0.1) is 0 Å². The topological polar surface area (TPSA) is 60.7 Å². The molecular formula is C13H12ClNO4. The number of amides is 1. The van der Waals surface area contributed by atoms with Crippen LogP contribution in [0.4, 0.5) is 5.69 Å². The molecule has 0 aliphatic heterocycles. The molecule has 1 heterocycles. The highest BCUT2D eigenvalue weighted by molar-refractivity contribution is 6.32. The summed E-state index contributed by atoms with van der Waals surface area (Å²) in [5.74, 6) is 0.756. The monoisotopic (exact) mass is 281 g/mol. The van der Waals surface area contributed by atoms with Crippen LogP contribution in [0.3, 0.4) is 0 Å². The molecule has 2 rings (SSSR count). The SMILES string of the molecule is COc1ccc(NC(=O)c2ccoc2Cl)cc1OC. The molecule has 0 spiro atoms. The maximum absolute atomic E-state index is 11.9. The van der Waals surface area contributed by atoms with E-state index in [1.165, 1.54) is 19.4 Å². The summed E-state index contributed by atoms with van der Waals surface area (Å²) in [5.41, 5.74) is 0.844. The van der Waals surface area contributed by atoms with E-state index in [2.05, 4.69) is 5.32 Å². The molecule has 0 aliphatic carbocycles. The molecule has 19 heavy (non-hydrogen) atoms. The Kier molecular flexibility index (Phi) is 3.97.